The highest BCUT2D eigenvalue weighted by molar-refractivity contribution is 9.10. The van der Waals surface area contributed by atoms with Gasteiger partial charge in [-0.25, -0.2) is 4.79 Å². The average molecular weight is 320 g/mol. The highest BCUT2D eigenvalue weighted by Crippen LogP contribution is 2.28. The zero-order valence-electron chi connectivity index (χ0n) is 10.7. The lowest BCUT2D eigenvalue weighted by atomic mass is 10.0. The second-order valence-corrected chi connectivity index (χ2v) is 5.42. The molecule has 0 atom stereocenters. The van der Waals surface area contributed by atoms with Gasteiger partial charge in [0.15, 0.2) is 0 Å². The van der Waals surface area contributed by atoms with Crippen LogP contribution in [-0.4, -0.2) is 16.1 Å². The summed E-state index contributed by atoms with van der Waals surface area (Å²) < 4.78 is 0.945. The standard InChI is InChI=1S/C15H14BrNO2/c1-9(2)14-11(15(18)19)7-8-13(17-14)10-5-3-4-6-12(10)16/h3-9H,1-2H3,(H,18,19). The lowest BCUT2D eigenvalue weighted by molar-refractivity contribution is 0.0694. The third-order valence-corrected chi connectivity index (χ3v) is 3.54. The fourth-order valence-corrected chi connectivity index (χ4v) is 2.40. The molecule has 2 rings (SSSR count). The van der Waals surface area contributed by atoms with Crippen LogP contribution in [0.1, 0.15) is 35.8 Å². The minimum Gasteiger partial charge on any atom is -0.478 e. The van der Waals surface area contributed by atoms with Crippen molar-refractivity contribution in [2.75, 3.05) is 0 Å². The van der Waals surface area contributed by atoms with Crippen molar-refractivity contribution >= 4 is 21.9 Å². The Labute approximate surface area is 120 Å². The van der Waals surface area contributed by atoms with Gasteiger partial charge >= 0.3 is 5.97 Å². The Balaban J connectivity index is 2.59. The summed E-state index contributed by atoms with van der Waals surface area (Å²) in [6.45, 7) is 3.89. The number of carbonyl (C=O) groups is 1. The molecule has 1 heterocycles. The van der Waals surface area contributed by atoms with Gasteiger partial charge in [-0.15, -0.1) is 0 Å². The highest BCUT2D eigenvalue weighted by atomic mass is 79.9. The van der Waals surface area contributed by atoms with Gasteiger partial charge in [0.2, 0.25) is 0 Å². The summed E-state index contributed by atoms with van der Waals surface area (Å²) in [5, 5.41) is 9.18. The molecule has 0 saturated heterocycles. The molecule has 0 spiro atoms. The van der Waals surface area contributed by atoms with Gasteiger partial charge in [-0.2, -0.15) is 0 Å². The monoisotopic (exact) mass is 319 g/mol. The van der Waals surface area contributed by atoms with Crippen molar-refractivity contribution in [3.05, 3.63) is 52.1 Å². The molecule has 0 aliphatic carbocycles. The van der Waals surface area contributed by atoms with Crippen molar-refractivity contribution in [1.29, 1.82) is 0 Å². The van der Waals surface area contributed by atoms with E-state index in [0.29, 0.717) is 5.69 Å². The van der Waals surface area contributed by atoms with E-state index in [1.54, 1.807) is 12.1 Å². The maximum atomic E-state index is 11.2. The number of hydrogen-bond acceptors (Lipinski definition) is 2. The molecule has 1 aromatic carbocycles. The van der Waals surface area contributed by atoms with Gasteiger partial charge in [-0.1, -0.05) is 48.0 Å². The molecule has 0 saturated carbocycles. The van der Waals surface area contributed by atoms with Gasteiger partial charge in [-0.05, 0) is 24.1 Å². The van der Waals surface area contributed by atoms with Crippen LogP contribution in [0, 0.1) is 0 Å². The third kappa shape index (κ3) is 2.84. The van der Waals surface area contributed by atoms with Gasteiger partial charge in [-0.3, -0.25) is 4.98 Å². The van der Waals surface area contributed by atoms with Crippen LogP contribution in [0.2, 0.25) is 0 Å². The van der Waals surface area contributed by atoms with Crippen molar-refractivity contribution < 1.29 is 9.90 Å². The number of benzene rings is 1. The number of pyridine rings is 1. The lowest BCUT2D eigenvalue weighted by Crippen LogP contribution is -2.07. The van der Waals surface area contributed by atoms with E-state index in [1.807, 2.05) is 38.1 Å². The van der Waals surface area contributed by atoms with Crippen molar-refractivity contribution in [2.45, 2.75) is 19.8 Å². The molecule has 1 aromatic heterocycles. The van der Waals surface area contributed by atoms with E-state index in [0.717, 1.165) is 15.7 Å². The Morgan fingerprint density at radius 3 is 2.47 bits per heavy atom. The third-order valence-electron chi connectivity index (χ3n) is 2.85. The Morgan fingerprint density at radius 2 is 1.89 bits per heavy atom. The lowest BCUT2D eigenvalue weighted by Gasteiger charge is -2.11. The number of carboxylic acid groups (broad SMARTS) is 1. The van der Waals surface area contributed by atoms with Gasteiger partial charge in [0.1, 0.15) is 0 Å². The molecule has 0 unspecified atom stereocenters. The first-order valence-electron chi connectivity index (χ1n) is 6.00. The second kappa shape index (κ2) is 5.53. The first kappa shape index (κ1) is 13.7. The van der Waals surface area contributed by atoms with E-state index in [9.17, 15) is 9.90 Å². The Hall–Kier alpha value is -1.68. The molecule has 0 amide bonds. The van der Waals surface area contributed by atoms with Gasteiger partial charge in [0.25, 0.3) is 0 Å². The summed E-state index contributed by atoms with van der Waals surface area (Å²) in [5.74, 6) is -0.872. The van der Waals surface area contributed by atoms with E-state index in [1.165, 1.54) is 0 Å². The topological polar surface area (TPSA) is 50.2 Å². The fraction of sp³-hybridized carbons (Fsp3) is 0.200. The van der Waals surface area contributed by atoms with E-state index in [-0.39, 0.29) is 11.5 Å². The zero-order chi connectivity index (χ0) is 14.0. The van der Waals surface area contributed by atoms with E-state index < -0.39 is 5.97 Å². The molecular weight excluding hydrogens is 306 g/mol. The molecule has 0 bridgehead atoms. The Morgan fingerprint density at radius 1 is 1.21 bits per heavy atom. The average Bonchev–Trinajstić information content (AvgIpc) is 2.38. The fourth-order valence-electron chi connectivity index (χ4n) is 1.91. The number of nitrogens with zero attached hydrogens (tertiary/aromatic N) is 1. The number of carboxylic acids is 1. The van der Waals surface area contributed by atoms with Crippen LogP contribution in [0.15, 0.2) is 40.9 Å². The molecule has 19 heavy (non-hydrogen) atoms. The highest BCUT2D eigenvalue weighted by Gasteiger charge is 2.16. The van der Waals surface area contributed by atoms with Crippen molar-refractivity contribution in [3.63, 3.8) is 0 Å². The number of halogens is 1. The molecule has 0 radical (unpaired) electrons. The Kier molecular flexibility index (Phi) is 4.00. The van der Waals surface area contributed by atoms with Gasteiger partial charge in [0.05, 0.1) is 17.0 Å². The minimum atomic E-state index is -0.935. The molecule has 4 heteroatoms. The molecule has 3 nitrogen and oxygen atoms in total. The summed E-state index contributed by atoms with van der Waals surface area (Å²) in [6, 6.07) is 11.1. The molecule has 0 aliphatic rings. The van der Waals surface area contributed by atoms with Crippen LogP contribution in [0.4, 0.5) is 0 Å². The van der Waals surface area contributed by atoms with Crippen molar-refractivity contribution in [1.82, 2.24) is 4.98 Å². The molecule has 0 aliphatic heterocycles. The quantitative estimate of drug-likeness (QED) is 0.915. The summed E-state index contributed by atoms with van der Waals surface area (Å²) in [6.07, 6.45) is 0. The van der Waals surface area contributed by atoms with Crippen LogP contribution in [-0.2, 0) is 0 Å². The van der Waals surface area contributed by atoms with Gasteiger partial charge < -0.3 is 5.11 Å². The summed E-state index contributed by atoms with van der Waals surface area (Å²) in [5.41, 5.74) is 2.62. The maximum Gasteiger partial charge on any atom is 0.337 e. The maximum absolute atomic E-state index is 11.2. The first-order chi connectivity index (χ1) is 9.00. The van der Waals surface area contributed by atoms with Crippen molar-refractivity contribution in [2.24, 2.45) is 0 Å². The SMILES string of the molecule is CC(C)c1nc(-c2ccccc2Br)ccc1C(=O)O. The minimum absolute atomic E-state index is 0.0635. The van der Waals surface area contributed by atoms with E-state index in [4.69, 9.17) is 0 Å². The largest absolute Gasteiger partial charge is 0.478 e. The smallest absolute Gasteiger partial charge is 0.337 e. The molecular formula is C15H14BrNO2. The number of aromatic nitrogens is 1. The molecule has 0 fully saturated rings. The zero-order valence-corrected chi connectivity index (χ0v) is 12.3. The predicted molar refractivity (Wildman–Crippen MR) is 78.4 cm³/mol. The second-order valence-electron chi connectivity index (χ2n) is 4.57. The predicted octanol–water partition coefficient (Wildman–Crippen LogP) is 4.33. The molecule has 1 N–H and O–H groups in total. The number of hydrogen-bond donors (Lipinski definition) is 1. The van der Waals surface area contributed by atoms with Crippen LogP contribution >= 0.6 is 15.9 Å². The number of rotatable bonds is 3. The van der Waals surface area contributed by atoms with Crippen LogP contribution < -0.4 is 0 Å². The molecule has 98 valence electrons. The Bertz CT molecular complexity index is 623. The first-order valence-corrected chi connectivity index (χ1v) is 6.79. The van der Waals surface area contributed by atoms with Crippen LogP contribution in [0.25, 0.3) is 11.3 Å². The summed E-state index contributed by atoms with van der Waals surface area (Å²) >= 11 is 3.49. The summed E-state index contributed by atoms with van der Waals surface area (Å²) in [7, 11) is 0. The van der Waals surface area contributed by atoms with Crippen LogP contribution in [0.3, 0.4) is 0 Å². The molecule has 2 aromatic rings. The van der Waals surface area contributed by atoms with E-state index in [2.05, 4.69) is 20.9 Å². The van der Waals surface area contributed by atoms with Crippen LogP contribution in [0.5, 0.6) is 0 Å². The summed E-state index contributed by atoms with van der Waals surface area (Å²) in [4.78, 5) is 15.7. The van der Waals surface area contributed by atoms with Crippen molar-refractivity contribution in [3.8, 4) is 11.3 Å². The normalized spacial score (nSPS) is 10.7. The van der Waals surface area contributed by atoms with Gasteiger partial charge in [0, 0.05) is 10.0 Å². The van der Waals surface area contributed by atoms with E-state index >= 15 is 0 Å². The number of aromatic carboxylic acids is 1.